The van der Waals surface area contributed by atoms with Gasteiger partial charge in [0, 0.05) is 5.02 Å². The highest BCUT2D eigenvalue weighted by molar-refractivity contribution is 6.30. The molecule has 0 fully saturated rings. The summed E-state index contributed by atoms with van der Waals surface area (Å²) in [4.78, 5) is 10.4. The number of carboxylic acids is 1. The molecule has 13 heavy (non-hydrogen) atoms. The van der Waals surface area contributed by atoms with Crippen LogP contribution in [0.1, 0.15) is 17.2 Å². The molecule has 0 amide bonds. The molecule has 0 saturated heterocycles. The second-order valence-corrected chi connectivity index (χ2v) is 3.24. The lowest BCUT2D eigenvalue weighted by atomic mass is 10.1. The fourth-order valence-corrected chi connectivity index (χ4v) is 1.36. The van der Waals surface area contributed by atoms with E-state index in [0.29, 0.717) is 10.6 Å². The molecule has 0 heterocycles. The Kier molecular flexibility index (Phi) is 2.90. The highest BCUT2D eigenvalue weighted by atomic mass is 35.5. The van der Waals surface area contributed by atoms with E-state index < -0.39 is 12.1 Å². The van der Waals surface area contributed by atoms with E-state index >= 15 is 0 Å². The summed E-state index contributed by atoms with van der Waals surface area (Å²) in [6.45, 7) is 1.78. The molecule has 0 aliphatic rings. The third kappa shape index (κ3) is 2.44. The minimum atomic E-state index is -1.50. The first-order valence-electron chi connectivity index (χ1n) is 3.68. The second kappa shape index (κ2) is 3.77. The fraction of sp³-hybridized carbons (Fsp3) is 0.222. The summed E-state index contributed by atoms with van der Waals surface area (Å²) in [5.74, 6) is -1.28. The maximum absolute atomic E-state index is 10.4. The molecule has 0 radical (unpaired) electrons. The average Bonchev–Trinajstić information content (AvgIpc) is 2.01. The van der Waals surface area contributed by atoms with Crippen LogP contribution in [0.25, 0.3) is 0 Å². The van der Waals surface area contributed by atoms with Crippen molar-refractivity contribution < 1.29 is 15.0 Å². The lowest BCUT2D eigenvalue weighted by Crippen LogP contribution is -2.10. The zero-order valence-electron chi connectivity index (χ0n) is 6.99. The monoisotopic (exact) mass is 200 g/mol. The smallest absolute Gasteiger partial charge is 0.337 e. The Balaban J connectivity index is 3.07. The Bertz CT molecular complexity index is 315. The van der Waals surface area contributed by atoms with Crippen molar-refractivity contribution in [3.63, 3.8) is 0 Å². The topological polar surface area (TPSA) is 57.5 Å². The molecule has 4 heteroatoms. The van der Waals surface area contributed by atoms with E-state index in [1.807, 2.05) is 0 Å². The molecule has 0 saturated carbocycles. The summed E-state index contributed by atoms with van der Waals surface area (Å²) in [5.41, 5.74) is 1.13. The van der Waals surface area contributed by atoms with Crippen molar-refractivity contribution in [1.82, 2.24) is 0 Å². The Hall–Kier alpha value is -1.06. The molecular weight excluding hydrogens is 192 g/mol. The van der Waals surface area contributed by atoms with Crippen LogP contribution in [0, 0.1) is 6.92 Å². The molecule has 0 aliphatic heterocycles. The van der Waals surface area contributed by atoms with Gasteiger partial charge in [-0.2, -0.15) is 0 Å². The van der Waals surface area contributed by atoms with Crippen molar-refractivity contribution in [3.8, 4) is 0 Å². The Morgan fingerprint density at radius 1 is 1.46 bits per heavy atom. The van der Waals surface area contributed by atoms with Crippen LogP contribution >= 0.6 is 11.6 Å². The molecule has 3 nitrogen and oxygen atoms in total. The molecule has 0 bridgehead atoms. The van der Waals surface area contributed by atoms with Gasteiger partial charge in [0.25, 0.3) is 0 Å². The van der Waals surface area contributed by atoms with Gasteiger partial charge in [-0.25, -0.2) is 4.79 Å². The van der Waals surface area contributed by atoms with Gasteiger partial charge < -0.3 is 10.2 Å². The van der Waals surface area contributed by atoms with E-state index in [1.54, 1.807) is 19.1 Å². The number of hydrogen-bond donors (Lipinski definition) is 2. The van der Waals surface area contributed by atoms with Crippen LogP contribution in [0.5, 0.6) is 0 Å². The summed E-state index contributed by atoms with van der Waals surface area (Å²) < 4.78 is 0. The zero-order chi connectivity index (χ0) is 10.0. The second-order valence-electron chi connectivity index (χ2n) is 2.80. The SMILES string of the molecule is Cc1cc(Cl)cc([C@H](O)C(=O)O)c1. The molecule has 0 unspecified atom stereocenters. The van der Waals surface area contributed by atoms with Crippen LogP contribution < -0.4 is 0 Å². The van der Waals surface area contributed by atoms with Crippen molar-refractivity contribution in [2.24, 2.45) is 0 Å². The minimum Gasteiger partial charge on any atom is -0.479 e. The van der Waals surface area contributed by atoms with E-state index in [9.17, 15) is 9.90 Å². The van der Waals surface area contributed by atoms with Crippen LogP contribution in [0.4, 0.5) is 0 Å². The van der Waals surface area contributed by atoms with Gasteiger partial charge in [0.2, 0.25) is 0 Å². The molecule has 70 valence electrons. The van der Waals surface area contributed by atoms with Crippen molar-refractivity contribution >= 4 is 17.6 Å². The van der Waals surface area contributed by atoms with Gasteiger partial charge in [-0.3, -0.25) is 0 Å². The van der Waals surface area contributed by atoms with Gasteiger partial charge in [0.15, 0.2) is 6.10 Å². The quantitative estimate of drug-likeness (QED) is 0.765. The van der Waals surface area contributed by atoms with Gasteiger partial charge in [0.05, 0.1) is 0 Å². The number of benzene rings is 1. The summed E-state index contributed by atoms with van der Waals surface area (Å²) in [7, 11) is 0. The standard InChI is InChI=1S/C9H9ClO3/c1-5-2-6(4-7(10)3-5)8(11)9(12)13/h2-4,8,11H,1H3,(H,12,13)/t8-/m0/s1. The summed E-state index contributed by atoms with van der Waals surface area (Å²) in [6, 6.07) is 4.72. The number of hydrogen-bond acceptors (Lipinski definition) is 2. The largest absolute Gasteiger partial charge is 0.479 e. The minimum absolute atomic E-state index is 0.303. The molecule has 1 rings (SSSR count). The highest BCUT2D eigenvalue weighted by Gasteiger charge is 2.16. The molecule has 2 N–H and O–H groups in total. The molecule has 0 aliphatic carbocycles. The van der Waals surface area contributed by atoms with Gasteiger partial charge in [0.1, 0.15) is 0 Å². The third-order valence-corrected chi connectivity index (χ3v) is 1.83. The fourth-order valence-electron chi connectivity index (χ4n) is 1.07. The Morgan fingerprint density at radius 3 is 2.54 bits per heavy atom. The highest BCUT2D eigenvalue weighted by Crippen LogP contribution is 2.20. The van der Waals surface area contributed by atoms with Gasteiger partial charge >= 0.3 is 5.97 Å². The normalized spacial score (nSPS) is 12.5. The maximum Gasteiger partial charge on any atom is 0.337 e. The van der Waals surface area contributed by atoms with Crippen molar-refractivity contribution in [2.45, 2.75) is 13.0 Å². The van der Waals surface area contributed by atoms with Gasteiger partial charge in [-0.1, -0.05) is 17.7 Å². The van der Waals surface area contributed by atoms with Crippen LogP contribution in [-0.2, 0) is 4.79 Å². The Labute approximate surface area is 80.6 Å². The van der Waals surface area contributed by atoms with Gasteiger partial charge in [-0.15, -0.1) is 0 Å². The predicted molar refractivity (Wildman–Crippen MR) is 48.8 cm³/mol. The van der Waals surface area contributed by atoms with Gasteiger partial charge in [-0.05, 0) is 30.2 Å². The number of carboxylic acid groups (broad SMARTS) is 1. The predicted octanol–water partition coefficient (Wildman–Crippen LogP) is 1.77. The molecular formula is C9H9ClO3. The number of aliphatic hydroxyl groups is 1. The van der Waals surface area contributed by atoms with Crippen molar-refractivity contribution in [3.05, 3.63) is 34.3 Å². The number of aliphatic carboxylic acids is 1. The Morgan fingerprint density at radius 2 is 2.08 bits per heavy atom. The average molecular weight is 201 g/mol. The summed E-state index contributed by atoms with van der Waals surface area (Å²) >= 11 is 5.69. The van der Waals surface area contributed by atoms with Crippen LogP contribution in [0.15, 0.2) is 18.2 Å². The molecule has 1 aromatic rings. The van der Waals surface area contributed by atoms with E-state index in [4.69, 9.17) is 16.7 Å². The number of rotatable bonds is 2. The van der Waals surface area contributed by atoms with E-state index in [0.717, 1.165) is 5.56 Å². The van der Waals surface area contributed by atoms with Crippen molar-refractivity contribution in [2.75, 3.05) is 0 Å². The van der Waals surface area contributed by atoms with Crippen molar-refractivity contribution in [1.29, 1.82) is 0 Å². The first kappa shape index (κ1) is 10.0. The lowest BCUT2D eigenvalue weighted by Gasteiger charge is -2.06. The van der Waals surface area contributed by atoms with E-state index in [1.165, 1.54) is 6.07 Å². The first-order chi connectivity index (χ1) is 6.00. The molecule has 0 spiro atoms. The molecule has 1 atom stereocenters. The maximum atomic E-state index is 10.4. The molecule has 1 aromatic carbocycles. The van der Waals surface area contributed by atoms with E-state index in [-0.39, 0.29) is 0 Å². The summed E-state index contributed by atoms with van der Waals surface area (Å²) in [5, 5.41) is 18.1. The van der Waals surface area contributed by atoms with Crippen LogP contribution in [0.2, 0.25) is 5.02 Å². The lowest BCUT2D eigenvalue weighted by molar-refractivity contribution is -0.146. The summed E-state index contributed by atoms with van der Waals surface area (Å²) in [6.07, 6.45) is -1.50. The number of aliphatic hydroxyl groups excluding tert-OH is 1. The number of halogens is 1. The number of carbonyl (C=O) groups is 1. The van der Waals surface area contributed by atoms with Crippen LogP contribution in [-0.4, -0.2) is 16.2 Å². The first-order valence-corrected chi connectivity index (χ1v) is 4.06. The number of aryl methyl sites for hydroxylation is 1. The zero-order valence-corrected chi connectivity index (χ0v) is 7.75. The third-order valence-electron chi connectivity index (χ3n) is 1.61. The van der Waals surface area contributed by atoms with Crippen LogP contribution in [0.3, 0.4) is 0 Å². The van der Waals surface area contributed by atoms with E-state index in [2.05, 4.69) is 0 Å². The molecule has 0 aromatic heterocycles.